The number of rotatable bonds is 7. The van der Waals surface area contributed by atoms with E-state index in [0.29, 0.717) is 11.4 Å². The number of hydrogen-bond donors (Lipinski definition) is 2. The van der Waals surface area contributed by atoms with Gasteiger partial charge in [0.15, 0.2) is 0 Å². The van der Waals surface area contributed by atoms with Crippen LogP contribution in [-0.2, 0) is 21.4 Å². The lowest BCUT2D eigenvalue weighted by Gasteiger charge is -2.31. The fourth-order valence-electron chi connectivity index (χ4n) is 4.78. The number of carbonyl (C=O) groups is 1. The lowest BCUT2D eigenvalue weighted by atomic mass is 9.95. The Bertz CT molecular complexity index is 1490. The number of nitrogens with one attached hydrogen (secondary N) is 2. The number of benzene rings is 4. The van der Waals surface area contributed by atoms with Gasteiger partial charge < -0.3 is 5.32 Å². The predicted molar refractivity (Wildman–Crippen MR) is 149 cm³/mol. The van der Waals surface area contributed by atoms with Crippen molar-refractivity contribution in [3.05, 3.63) is 102 Å². The molecule has 2 N–H and O–H groups in total. The monoisotopic (exact) mass is 513 g/mol. The normalized spacial score (nSPS) is 14.9. The molecule has 1 fully saturated rings. The molecule has 0 bridgehead atoms. The molecule has 190 valence electrons. The molecule has 4 aromatic carbocycles. The molecule has 0 atom stereocenters. The number of sulfonamides is 1. The van der Waals surface area contributed by atoms with Crippen LogP contribution in [0.15, 0.2) is 95.9 Å². The van der Waals surface area contributed by atoms with Crippen molar-refractivity contribution in [1.29, 1.82) is 0 Å². The van der Waals surface area contributed by atoms with E-state index in [0.717, 1.165) is 43.2 Å². The zero-order chi connectivity index (χ0) is 25.8. The quantitative estimate of drug-likeness (QED) is 0.327. The zero-order valence-corrected chi connectivity index (χ0v) is 21.7. The summed E-state index contributed by atoms with van der Waals surface area (Å²) >= 11 is 0. The number of hydrogen-bond acceptors (Lipinski definition) is 4. The highest BCUT2D eigenvalue weighted by atomic mass is 32.2. The highest BCUT2D eigenvalue weighted by molar-refractivity contribution is 7.92. The lowest BCUT2D eigenvalue weighted by molar-refractivity contribution is -0.121. The molecule has 0 unspecified atom stereocenters. The van der Waals surface area contributed by atoms with Crippen molar-refractivity contribution < 1.29 is 13.2 Å². The highest BCUT2D eigenvalue weighted by Crippen LogP contribution is 2.26. The Labute approximate surface area is 218 Å². The molecule has 1 heterocycles. The minimum atomic E-state index is -3.77. The standard InChI is InChI=1S/C30H31N3O3S/c1-22-9-11-23(12-10-22)21-33-19-17-25(18-20-33)30(34)31-26-13-15-27(16-14-26)37(35,36)32-29-8-4-6-24-5-2-3-7-28(24)29/h2-16,25,32H,17-21H2,1H3,(H,31,34). The number of fused-ring (bicyclic) bond motifs is 1. The van der Waals surface area contributed by atoms with Gasteiger partial charge in [-0.25, -0.2) is 8.42 Å². The number of nitrogens with zero attached hydrogens (tertiary/aromatic N) is 1. The summed E-state index contributed by atoms with van der Waals surface area (Å²) in [5, 5.41) is 4.76. The van der Waals surface area contributed by atoms with Gasteiger partial charge in [0.25, 0.3) is 10.0 Å². The van der Waals surface area contributed by atoms with E-state index in [9.17, 15) is 13.2 Å². The number of anilines is 2. The minimum Gasteiger partial charge on any atom is -0.326 e. The molecule has 0 radical (unpaired) electrons. The van der Waals surface area contributed by atoms with Gasteiger partial charge in [-0.3, -0.25) is 14.4 Å². The summed E-state index contributed by atoms with van der Waals surface area (Å²) < 4.78 is 28.7. The van der Waals surface area contributed by atoms with Crippen molar-refractivity contribution in [3.8, 4) is 0 Å². The maximum atomic E-state index is 13.0. The fraction of sp³-hybridized carbons (Fsp3) is 0.233. The van der Waals surface area contributed by atoms with Gasteiger partial charge in [-0.2, -0.15) is 0 Å². The summed E-state index contributed by atoms with van der Waals surface area (Å²) in [6.07, 6.45) is 1.61. The second-order valence-corrected chi connectivity index (χ2v) is 11.4. The first-order valence-corrected chi connectivity index (χ1v) is 14.1. The topological polar surface area (TPSA) is 78.5 Å². The molecule has 0 spiro atoms. The Morgan fingerprint density at radius 1 is 0.865 bits per heavy atom. The van der Waals surface area contributed by atoms with Crippen molar-refractivity contribution >= 4 is 38.1 Å². The van der Waals surface area contributed by atoms with Crippen LogP contribution in [0.3, 0.4) is 0 Å². The van der Waals surface area contributed by atoms with E-state index in [1.807, 2.05) is 36.4 Å². The van der Waals surface area contributed by atoms with Crippen LogP contribution in [0.5, 0.6) is 0 Å². The molecule has 0 aliphatic carbocycles. The Kier molecular flexibility index (Phi) is 7.26. The molecule has 5 rings (SSSR count). The van der Waals surface area contributed by atoms with Crippen molar-refractivity contribution in [2.24, 2.45) is 5.92 Å². The minimum absolute atomic E-state index is 0.0144. The first kappa shape index (κ1) is 25.0. The van der Waals surface area contributed by atoms with Gasteiger partial charge in [-0.05, 0) is 74.1 Å². The third-order valence-corrected chi connectivity index (χ3v) is 8.33. The van der Waals surface area contributed by atoms with Crippen LogP contribution in [0.1, 0.15) is 24.0 Å². The molecule has 0 aromatic heterocycles. The Hall–Kier alpha value is -3.68. The van der Waals surface area contributed by atoms with Gasteiger partial charge in [0.1, 0.15) is 0 Å². The van der Waals surface area contributed by atoms with E-state index >= 15 is 0 Å². The summed E-state index contributed by atoms with van der Waals surface area (Å²) in [6.45, 7) is 4.74. The van der Waals surface area contributed by atoms with Crippen LogP contribution in [0, 0.1) is 12.8 Å². The summed E-state index contributed by atoms with van der Waals surface area (Å²) in [5.74, 6) is -0.0646. The van der Waals surface area contributed by atoms with Gasteiger partial charge in [-0.1, -0.05) is 66.2 Å². The summed E-state index contributed by atoms with van der Waals surface area (Å²) in [5.41, 5.74) is 3.67. The zero-order valence-electron chi connectivity index (χ0n) is 20.9. The molecule has 1 amide bonds. The molecule has 0 saturated carbocycles. The molecule has 7 heteroatoms. The second kappa shape index (κ2) is 10.7. The summed E-state index contributed by atoms with van der Waals surface area (Å²) in [6, 6.07) is 28.1. The van der Waals surface area contributed by atoms with E-state index < -0.39 is 10.0 Å². The molecule has 6 nitrogen and oxygen atoms in total. The van der Waals surface area contributed by atoms with Crippen LogP contribution in [0.2, 0.25) is 0 Å². The molecular weight excluding hydrogens is 482 g/mol. The van der Waals surface area contributed by atoms with Crippen molar-refractivity contribution in [2.45, 2.75) is 31.2 Å². The highest BCUT2D eigenvalue weighted by Gasteiger charge is 2.25. The van der Waals surface area contributed by atoms with E-state index in [1.54, 1.807) is 18.2 Å². The number of carbonyl (C=O) groups excluding carboxylic acids is 1. The smallest absolute Gasteiger partial charge is 0.261 e. The predicted octanol–water partition coefficient (Wildman–Crippen LogP) is 5.80. The Balaban J connectivity index is 1.17. The van der Waals surface area contributed by atoms with E-state index in [-0.39, 0.29) is 16.7 Å². The molecule has 37 heavy (non-hydrogen) atoms. The van der Waals surface area contributed by atoms with Crippen LogP contribution in [0.25, 0.3) is 10.8 Å². The van der Waals surface area contributed by atoms with Crippen molar-refractivity contribution in [3.63, 3.8) is 0 Å². The molecular formula is C30H31N3O3S. The lowest BCUT2D eigenvalue weighted by Crippen LogP contribution is -2.37. The molecule has 4 aromatic rings. The van der Waals surface area contributed by atoms with Crippen LogP contribution in [0.4, 0.5) is 11.4 Å². The average Bonchev–Trinajstić information content (AvgIpc) is 2.91. The maximum absolute atomic E-state index is 13.0. The van der Waals surface area contributed by atoms with Crippen molar-refractivity contribution in [2.75, 3.05) is 23.1 Å². The molecule has 1 aliphatic heterocycles. The van der Waals surface area contributed by atoms with Crippen LogP contribution < -0.4 is 10.0 Å². The van der Waals surface area contributed by atoms with Crippen molar-refractivity contribution in [1.82, 2.24) is 4.90 Å². The number of amides is 1. The molecule has 1 saturated heterocycles. The third kappa shape index (κ3) is 6.01. The summed E-state index contributed by atoms with van der Waals surface area (Å²) in [7, 11) is -3.77. The third-order valence-electron chi connectivity index (χ3n) is 6.95. The van der Waals surface area contributed by atoms with Gasteiger partial charge in [0.2, 0.25) is 5.91 Å². The Morgan fingerprint density at radius 2 is 1.54 bits per heavy atom. The Morgan fingerprint density at radius 3 is 2.27 bits per heavy atom. The number of aryl methyl sites for hydroxylation is 1. The first-order chi connectivity index (χ1) is 17.9. The first-order valence-electron chi connectivity index (χ1n) is 12.6. The fourth-order valence-corrected chi connectivity index (χ4v) is 5.86. The van der Waals surface area contributed by atoms with Gasteiger partial charge in [0, 0.05) is 23.5 Å². The van der Waals surface area contributed by atoms with Crippen LogP contribution in [-0.4, -0.2) is 32.3 Å². The van der Waals surface area contributed by atoms with E-state index in [1.165, 1.54) is 23.3 Å². The largest absolute Gasteiger partial charge is 0.326 e. The van der Waals surface area contributed by atoms with E-state index in [2.05, 4.69) is 46.1 Å². The van der Waals surface area contributed by atoms with Gasteiger partial charge >= 0.3 is 0 Å². The summed E-state index contributed by atoms with van der Waals surface area (Å²) in [4.78, 5) is 15.4. The molecule has 1 aliphatic rings. The second-order valence-electron chi connectivity index (χ2n) is 9.68. The van der Waals surface area contributed by atoms with Crippen LogP contribution >= 0.6 is 0 Å². The van der Waals surface area contributed by atoms with E-state index in [4.69, 9.17) is 0 Å². The number of piperidine rings is 1. The number of likely N-dealkylation sites (tertiary alicyclic amines) is 1. The van der Waals surface area contributed by atoms with Gasteiger partial charge in [0.05, 0.1) is 10.6 Å². The SMILES string of the molecule is Cc1ccc(CN2CCC(C(=O)Nc3ccc(S(=O)(=O)Nc4cccc5ccccc45)cc3)CC2)cc1. The van der Waals surface area contributed by atoms with Gasteiger partial charge in [-0.15, -0.1) is 0 Å². The maximum Gasteiger partial charge on any atom is 0.261 e. The average molecular weight is 514 g/mol.